The van der Waals surface area contributed by atoms with E-state index < -0.39 is 0 Å². The molecule has 2 aliphatic rings. The van der Waals surface area contributed by atoms with Crippen LogP contribution in [0.2, 0.25) is 0 Å². The molecule has 0 radical (unpaired) electrons. The summed E-state index contributed by atoms with van der Waals surface area (Å²) in [6.07, 6.45) is 4.96. The summed E-state index contributed by atoms with van der Waals surface area (Å²) < 4.78 is 10.8. The van der Waals surface area contributed by atoms with E-state index in [9.17, 15) is 9.59 Å². The summed E-state index contributed by atoms with van der Waals surface area (Å²) in [4.78, 5) is 29.5. The fourth-order valence-electron chi connectivity index (χ4n) is 4.51. The molecular formula is C25H31N3O4. The third-order valence-electron chi connectivity index (χ3n) is 6.31. The summed E-state index contributed by atoms with van der Waals surface area (Å²) in [5, 5.41) is 3.03. The number of benzene rings is 2. The van der Waals surface area contributed by atoms with E-state index in [0.29, 0.717) is 36.8 Å². The lowest BCUT2D eigenvalue weighted by atomic mass is 10.1. The molecule has 1 heterocycles. The summed E-state index contributed by atoms with van der Waals surface area (Å²) in [5.41, 5.74) is 2.42. The van der Waals surface area contributed by atoms with Gasteiger partial charge in [0.15, 0.2) is 0 Å². The van der Waals surface area contributed by atoms with Crippen LogP contribution >= 0.6 is 0 Å². The molecule has 0 spiro atoms. The molecule has 0 aromatic heterocycles. The van der Waals surface area contributed by atoms with E-state index in [-0.39, 0.29) is 17.9 Å². The Morgan fingerprint density at radius 2 is 1.75 bits per heavy atom. The highest BCUT2D eigenvalue weighted by molar-refractivity contribution is 5.97. The minimum Gasteiger partial charge on any atom is -0.497 e. The molecule has 1 saturated heterocycles. The van der Waals surface area contributed by atoms with Gasteiger partial charge in [0.25, 0.3) is 0 Å². The molecule has 0 bridgehead atoms. The van der Waals surface area contributed by atoms with E-state index >= 15 is 0 Å². The Morgan fingerprint density at radius 3 is 2.44 bits per heavy atom. The van der Waals surface area contributed by atoms with E-state index in [1.54, 1.807) is 19.1 Å². The van der Waals surface area contributed by atoms with Crippen LogP contribution in [0, 0.1) is 5.92 Å². The predicted octanol–water partition coefficient (Wildman–Crippen LogP) is 4.66. The molecule has 1 N–H and O–H groups in total. The van der Waals surface area contributed by atoms with Gasteiger partial charge < -0.3 is 19.7 Å². The van der Waals surface area contributed by atoms with Gasteiger partial charge in [0.2, 0.25) is 5.91 Å². The Hall–Kier alpha value is -3.22. The molecule has 7 heteroatoms. The predicted molar refractivity (Wildman–Crippen MR) is 124 cm³/mol. The number of anilines is 2. The zero-order chi connectivity index (χ0) is 22.5. The SMILES string of the molecule is COc1ccc(CN2CCCN(c3cc(NC(=O)C4CCCC4)ccc3OC)C2=O)cc1. The number of urea groups is 1. The zero-order valence-corrected chi connectivity index (χ0v) is 18.8. The highest BCUT2D eigenvalue weighted by Gasteiger charge is 2.29. The Morgan fingerprint density at radius 1 is 1.00 bits per heavy atom. The van der Waals surface area contributed by atoms with Crippen LogP contribution in [0.3, 0.4) is 0 Å². The second-order valence-corrected chi connectivity index (χ2v) is 8.41. The normalized spacial score (nSPS) is 16.9. The van der Waals surface area contributed by atoms with Gasteiger partial charge in [0.1, 0.15) is 11.5 Å². The van der Waals surface area contributed by atoms with Crippen LogP contribution in [-0.4, -0.2) is 44.1 Å². The van der Waals surface area contributed by atoms with E-state index in [2.05, 4.69) is 5.32 Å². The Bertz CT molecular complexity index is 954. The summed E-state index contributed by atoms with van der Waals surface area (Å²) in [6, 6.07) is 13.2. The molecule has 0 unspecified atom stereocenters. The summed E-state index contributed by atoms with van der Waals surface area (Å²) in [7, 11) is 3.23. The molecule has 170 valence electrons. The lowest BCUT2D eigenvalue weighted by Crippen LogP contribution is -2.49. The van der Waals surface area contributed by atoms with Crippen molar-refractivity contribution in [3.8, 4) is 11.5 Å². The molecule has 32 heavy (non-hydrogen) atoms. The Balaban J connectivity index is 1.51. The Labute approximate surface area is 189 Å². The first-order valence-electron chi connectivity index (χ1n) is 11.3. The second kappa shape index (κ2) is 9.94. The van der Waals surface area contributed by atoms with Crippen LogP contribution in [-0.2, 0) is 11.3 Å². The molecule has 1 aliphatic carbocycles. The zero-order valence-electron chi connectivity index (χ0n) is 18.8. The molecule has 2 aromatic rings. The monoisotopic (exact) mass is 437 g/mol. The maximum Gasteiger partial charge on any atom is 0.324 e. The number of carbonyl (C=O) groups excluding carboxylic acids is 2. The smallest absolute Gasteiger partial charge is 0.324 e. The van der Waals surface area contributed by atoms with Gasteiger partial charge in [-0.25, -0.2) is 4.79 Å². The van der Waals surface area contributed by atoms with Crippen molar-refractivity contribution in [1.82, 2.24) is 4.90 Å². The minimum atomic E-state index is -0.0652. The van der Waals surface area contributed by atoms with Crippen molar-refractivity contribution in [3.63, 3.8) is 0 Å². The summed E-state index contributed by atoms with van der Waals surface area (Å²) >= 11 is 0. The van der Waals surface area contributed by atoms with E-state index in [0.717, 1.165) is 43.4 Å². The van der Waals surface area contributed by atoms with Crippen molar-refractivity contribution in [2.24, 2.45) is 5.92 Å². The van der Waals surface area contributed by atoms with Crippen LogP contribution in [0.1, 0.15) is 37.7 Å². The van der Waals surface area contributed by atoms with Crippen molar-refractivity contribution < 1.29 is 19.1 Å². The molecule has 1 saturated carbocycles. The number of rotatable bonds is 7. The van der Waals surface area contributed by atoms with Gasteiger partial charge in [-0.15, -0.1) is 0 Å². The van der Waals surface area contributed by atoms with Crippen molar-refractivity contribution in [2.45, 2.75) is 38.6 Å². The average Bonchev–Trinajstić information content (AvgIpc) is 3.36. The number of hydrogen-bond donors (Lipinski definition) is 1. The topological polar surface area (TPSA) is 71.1 Å². The summed E-state index contributed by atoms with van der Waals surface area (Å²) in [6.45, 7) is 1.83. The van der Waals surface area contributed by atoms with Gasteiger partial charge in [-0.05, 0) is 55.2 Å². The van der Waals surface area contributed by atoms with Gasteiger partial charge in [0, 0.05) is 31.2 Å². The van der Waals surface area contributed by atoms with Crippen LogP contribution in [0.4, 0.5) is 16.2 Å². The van der Waals surface area contributed by atoms with Crippen molar-refractivity contribution in [1.29, 1.82) is 0 Å². The van der Waals surface area contributed by atoms with Gasteiger partial charge in [0.05, 0.1) is 19.9 Å². The third kappa shape index (κ3) is 4.82. The molecule has 2 fully saturated rings. The quantitative estimate of drug-likeness (QED) is 0.684. The summed E-state index contributed by atoms with van der Waals surface area (Å²) in [5.74, 6) is 1.55. The van der Waals surface area contributed by atoms with Crippen molar-refractivity contribution in [3.05, 3.63) is 48.0 Å². The minimum absolute atomic E-state index is 0.0599. The maximum atomic E-state index is 13.3. The number of amides is 3. The van der Waals surface area contributed by atoms with Crippen LogP contribution < -0.4 is 19.7 Å². The van der Waals surface area contributed by atoms with Gasteiger partial charge >= 0.3 is 6.03 Å². The van der Waals surface area contributed by atoms with Crippen LogP contribution in [0.25, 0.3) is 0 Å². The van der Waals surface area contributed by atoms with Crippen molar-refractivity contribution >= 4 is 23.3 Å². The molecule has 7 nitrogen and oxygen atoms in total. The average molecular weight is 438 g/mol. The molecular weight excluding hydrogens is 406 g/mol. The van der Waals surface area contributed by atoms with Crippen LogP contribution in [0.15, 0.2) is 42.5 Å². The standard InChI is InChI=1S/C25H31N3O4/c1-31-21-11-8-18(9-12-21)17-27-14-5-15-28(25(27)30)22-16-20(10-13-23(22)32-2)26-24(29)19-6-3-4-7-19/h8-13,16,19H,3-7,14-15,17H2,1-2H3,(H,26,29). The highest BCUT2D eigenvalue weighted by atomic mass is 16.5. The second-order valence-electron chi connectivity index (χ2n) is 8.41. The number of hydrogen-bond acceptors (Lipinski definition) is 4. The number of ether oxygens (including phenoxy) is 2. The number of nitrogens with zero attached hydrogens (tertiary/aromatic N) is 2. The first-order chi connectivity index (χ1) is 15.6. The third-order valence-corrected chi connectivity index (χ3v) is 6.31. The lowest BCUT2D eigenvalue weighted by Gasteiger charge is -2.36. The fourth-order valence-corrected chi connectivity index (χ4v) is 4.51. The van der Waals surface area contributed by atoms with E-state index in [1.807, 2.05) is 47.4 Å². The molecule has 3 amide bonds. The van der Waals surface area contributed by atoms with E-state index in [1.165, 1.54) is 0 Å². The largest absolute Gasteiger partial charge is 0.497 e. The Kier molecular flexibility index (Phi) is 6.83. The van der Waals surface area contributed by atoms with E-state index in [4.69, 9.17) is 9.47 Å². The molecule has 4 rings (SSSR count). The fraction of sp³-hybridized carbons (Fsp3) is 0.440. The molecule has 1 aliphatic heterocycles. The number of nitrogens with one attached hydrogen (secondary N) is 1. The van der Waals surface area contributed by atoms with Gasteiger partial charge in [-0.2, -0.15) is 0 Å². The molecule has 0 atom stereocenters. The number of methoxy groups -OCH3 is 2. The number of carbonyl (C=O) groups is 2. The first-order valence-corrected chi connectivity index (χ1v) is 11.3. The van der Waals surface area contributed by atoms with Crippen LogP contribution in [0.5, 0.6) is 11.5 Å². The first kappa shape index (κ1) is 22.0. The van der Waals surface area contributed by atoms with Gasteiger partial charge in [-0.1, -0.05) is 25.0 Å². The highest BCUT2D eigenvalue weighted by Crippen LogP contribution is 2.34. The van der Waals surface area contributed by atoms with Gasteiger partial charge in [-0.3, -0.25) is 9.69 Å². The lowest BCUT2D eigenvalue weighted by molar-refractivity contribution is -0.119. The van der Waals surface area contributed by atoms with Crippen molar-refractivity contribution in [2.75, 3.05) is 37.5 Å². The molecule has 2 aromatic carbocycles. The maximum absolute atomic E-state index is 13.3.